The average molecular weight is 363 g/mol. The average Bonchev–Trinajstić information content (AvgIpc) is 3.25. The summed E-state index contributed by atoms with van der Waals surface area (Å²) >= 11 is 0. The molecule has 138 valence electrons. The van der Waals surface area contributed by atoms with Gasteiger partial charge in [-0.25, -0.2) is 14.6 Å². The maximum atomic E-state index is 12.6. The summed E-state index contributed by atoms with van der Waals surface area (Å²) in [5, 5.41) is 7.34. The summed E-state index contributed by atoms with van der Waals surface area (Å²) in [5.74, 6) is -0.0558. The lowest BCUT2D eigenvalue weighted by molar-refractivity contribution is 0.0885. The van der Waals surface area contributed by atoms with E-state index < -0.39 is 0 Å². The third kappa shape index (κ3) is 4.31. The quantitative estimate of drug-likeness (QED) is 0.754. The predicted molar refractivity (Wildman–Crippen MR) is 99.7 cm³/mol. The highest BCUT2D eigenvalue weighted by atomic mass is 16.5. The molecule has 0 unspecified atom stereocenters. The number of carbonyl (C=O) groups is 1. The van der Waals surface area contributed by atoms with Crippen LogP contribution in [0.15, 0.2) is 61.2 Å². The van der Waals surface area contributed by atoms with E-state index in [4.69, 9.17) is 4.74 Å². The second-order valence-corrected chi connectivity index (χ2v) is 6.60. The Morgan fingerprint density at radius 3 is 2.59 bits per heavy atom. The van der Waals surface area contributed by atoms with Crippen LogP contribution in [0.3, 0.4) is 0 Å². The zero-order chi connectivity index (χ0) is 18.5. The minimum atomic E-state index is -0.0558. The van der Waals surface area contributed by atoms with Gasteiger partial charge in [0.2, 0.25) is 0 Å². The van der Waals surface area contributed by atoms with Crippen LogP contribution >= 0.6 is 0 Å². The Hall–Kier alpha value is -3.22. The number of nitrogens with zero attached hydrogens (tertiary/aromatic N) is 4. The first-order chi connectivity index (χ1) is 13.3. The first-order valence-corrected chi connectivity index (χ1v) is 9.12. The molecule has 0 atom stereocenters. The van der Waals surface area contributed by atoms with Gasteiger partial charge in [-0.2, -0.15) is 5.10 Å². The molecule has 1 amide bonds. The van der Waals surface area contributed by atoms with Gasteiger partial charge in [0.15, 0.2) is 0 Å². The number of carbonyl (C=O) groups excluding carboxylic acids is 1. The van der Waals surface area contributed by atoms with Crippen LogP contribution in [-0.2, 0) is 0 Å². The molecule has 27 heavy (non-hydrogen) atoms. The van der Waals surface area contributed by atoms with E-state index in [-0.39, 0.29) is 18.1 Å². The number of amides is 1. The van der Waals surface area contributed by atoms with E-state index in [1.54, 1.807) is 29.3 Å². The first kappa shape index (κ1) is 17.2. The molecule has 0 spiro atoms. The van der Waals surface area contributed by atoms with Gasteiger partial charge < -0.3 is 10.1 Å². The van der Waals surface area contributed by atoms with Crippen LogP contribution in [0.25, 0.3) is 5.69 Å². The van der Waals surface area contributed by atoms with Gasteiger partial charge in [-0.15, -0.1) is 0 Å². The van der Waals surface area contributed by atoms with E-state index in [9.17, 15) is 4.79 Å². The molecular formula is C20H21N5O2. The number of aromatic nitrogens is 4. The molecule has 7 heteroatoms. The second-order valence-electron chi connectivity index (χ2n) is 6.60. The normalized spacial score (nSPS) is 19.4. The number of hydrogen-bond acceptors (Lipinski definition) is 5. The monoisotopic (exact) mass is 363 g/mol. The van der Waals surface area contributed by atoms with Crippen molar-refractivity contribution >= 4 is 5.91 Å². The summed E-state index contributed by atoms with van der Waals surface area (Å²) in [7, 11) is 0. The molecule has 4 rings (SSSR count). The zero-order valence-electron chi connectivity index (χ0n) is 14.9. The summed E-state index contributed by atoms with van der Waals surface area (Å²) < 4.78 is 7.55. The van der Waals surface area contributed by atoms with Crippen molar-refractivity contribution in [3.63, 3.8) is 0 Å². The lowest BCUT2D eigenvalue weighted by atomic mass is 9.92. The number of benzene rings is 1. The summed E-state index contributed by atoms with van der Waals surface area (Å²) in [4.78, 5) is 20.8. The maximum Gasteiger partial charge on any atom is 0.316 e. The van der Waals surface area contributed by atoms with E-state index in [0.29, 0.717) is 11.6 Å². The first-order valence-electron chi connectivity index (χ1n) is 9.12. The Labute approximate surface area is 157 Å². The highest BCUT2D eigenvalue weighted by Crippen LogP contribution is 2.22. The van der Waals surface area contributed by atoms with E-state index in [1.807, 2.05) is 36.5 Å². The molecule has 0 radical (unpaired) electrons. The third-order valence-electron chi connectivity index (χ3n) is 4.70. The van der Waals surface area contributed by atoms with Crippen molar-refractivity contribution < 1.29 is 9.53 Å². The van der Waals surface area contributed by atoms with Gasteiger partial charge in [-0.1, -0.05) is 6.07 Å². The molecule has 1 saturated carbocycles. The third-order valence-corrected chi connectivity index (χ3v) is 4.70. The van der Waals surface area contributed by atoms with E-state index in [2.05, 4.69) is 20.4 Å². The molecule has 1 aliphatic carbocycles. The predicted octanol–water partition coefficient (Wildman–Crippen LogP) is 2.78. The van der Waals surface area contributed by atoms with Gasteiger partial charge in [0.25, 0.3) is 5.91 Å². The van der Waals surface area contributed by atoms with Gasteiger partial charge in [-0.3, -0.25) is 4.79 Å². The van der Waals surface area contributed by atoms with Crippen molar-refractivity contribution in [1.82, 2.24) is 25.1 Å². The highest BCUT2D eigenvalue weighted by molar-refractivity contribution is 5.94. The van der Waals surface area contributed by atoms with Crippen molar-refractivity contribution in [2.45, 2.75) is 37.8 Å². The summed E-state index contributed by atoms with van der Waals surface area (Å²) in [6.45, 7) is 0. The van der Waals surface area contributed by atoms with Crippen LogP contribution in [0.4, 0.5) is 0 Å². The Kier molecular flexibility index (Phi) is 5.09. The van der Waals surface area contributed by atoms with E-state index in [0.717, 1.165) is 31.4 Å². The van der Waals surface area contributed by atoms with Crippen LogP contribution in [0.2, 0.25) is 0 Å². The topological polar surface area (TPSA) is 81.9 Å². The van der Waals surface area contributed by atoms with Crippen molar-refractivity contribution in [3.8, 4) is 11.7 Å². The largest absolute Gasteiger partial charge is 0.460 e. The summed E-state index contributed by atoms with van der Waals surface area (Å²) in [6, 6.07) is 11.7. The number of nitrogens with one attached hydrogen (secondary N) is 1. The highest BCUT2D eigenvalue weighted by Gasteiger charge is 2.24. The molecule has 1 fully saturated rings. The minimum Gasteiger partial charge on any atom is -0.460 e. The van der Waals surface area contributed by atoms with Crippen LogP contribution in [-0.4, -0.2) is 37.8 Å². The Morgan fingerprint density at radius 2 is 1.85 bits per heavy atom. The molecule has 2 heterocycles. The molecule has 1 aliphatic rings. The molecule has 1 N–H and O–H groups in total. The molecule has 0 bridgehead atoms. The lowest BCUT2D eigenvalue weighted by Crippen LogP contribution is -2.39. The number of rotatable bonds is 5. The smallest absolute Gasteiger partial charge is 0.316 e. The number of hydrogen-bond donors (Lipinski definition) is 1. The van der Waals surface area contributed by atoms with Gasteiger partial charge in [0.1, 0.15) is 6.10 Å². The second kappa shape index (κ2) is 7.99. The van der Waals surface area contributed by atoms with Crippen LogP contribution in [0, 0.1) is 0 Å². The van der Waals surface area contributed by atoms with Crippen molar-refractivity contribution in [1.29, 1.82) is 0 Å². The summed E-state index contributed by atoms with van der Waals surface area (Å²) in [5.41, 5.74) is 1.51. The Morgan fingerprint density at radius 1 is 1.04 bits per heavy atom. The maximum absolute atomic E-state index is 12.6. The van der Waals surface area contributed by atoms with Gasteiger partial charge >= 0.3 is 6.01 Å². The zero-order valence-corrected chi connectivity index (χ0v) is 14.9. The number of ether oxygens (including phenoxy) is 1. The van der Waals surface area contributed by atoms with Crippen molar-refractivity contribution in [3.05, 3.63) is 66.7 Å². The molecule has 0 aliphatic heterocycles. The molecule has 3 aromatic rings. The fraction of sp³-hybridized carbons (Fsp3) is 0.300. The van der Waals surface area contributed by atoms with Gasteiger partial charge in [0.05, 0.1) is 5.69 Å². The molecule has 1 aromatic carbocycles. The van der Waals surface area contributed by atoms with Gasteiger partial charge in [-0.05, 0) is 56.0 Å². The van der Waals surface area contributed by atoms with Crippen LogP contribution in [0.5, 0.6) is 6.01 Å². The fourth-order valence-corrected chi connectivity index (χ4v) is 3.30. The molecule has 2 aromatic heterocycles. The van der Waals surface area contributed by atoms with Crippen molar-refractivity contribution in [2.75, 3.05) is 0 Å². The van der Waals surface area contributed by atoms with Crippen LogP contribution in [0.1, 0.15) is 36.0 Å². The van der Waals surface area contributed by atoms with E-state index in [1.165, 1.54) is 0 Å². The SMILES string of the molecule is O=C(NC1CCC(Oc2ncccn2)CC1)c1cccc(-n2cccn2)c1. The minimum absolute atomic E-state index is 0.0558. The summed E-state index contributed by atoms with van der Waals surface area (Å²) in [6.07, 6.45) is 10.5. The molecule has 7 nitrogen and oxygen atoms in total. The standard InChI is InChI=1S/C20H21N5O2/c26-19(15-4-1-5-17(14-15)25-13-3-12-23-25)24-16-6-8-18(9-7-16)27-20-21-10-2-11-22-20/h1-5,10-14,16,18H,6-9H2,(H,24,26). The van der Waals surface area contributed by atoms with Crippen molar-refractivity contribution in [2.24, 2.45) is 0 Å². The Bertz CT molecular complexity index is 874. The van der Waals surface area contributed by atoms with E-state index >= 15 is 0 Å². The van der Waals surface area contributed by atoms with Gasteiger partial charge in [0, 0.05) is 36.4 Å². The van der Waals surface area contributed by atoms with Crippen LogP contribution < -0.4 is 10.1 Å². The lowest BCUT2D eigenvalue weighted by Gasteiger charge is -2.28. The Balaban J connectivity index is 1.31. The molecular weight excluding hydrogens is 342 g/mol. The fourth-order valence-electron chi connectivity index (χ4n) is 3.30. The molecule has 0 saturated heterocycles.